The van der Waals surface area contributed by atoms with Crippen molar-refractivity contribution in [3.8, 4) is 0 Å². The lowest BCUT2D eigenvalue weighted by Crippen LogP contribution is -2.02. The van der Waals surface area contributed by atoms with E-state index < -0.39 is 6.10 Å². The monoisotopic (exact) mass is 243 g/mol. The normalized spacial score (nSPS) is 18.1. The van der Waals surface area contributed by atoms with E-state index in [9.17, 15) is 5.11 Å². The Kier molecular flexibility index (Phi) is 2.57. The van der Waals surface area contributed by atoms with Gasteiger partial charge in [-0.25, -0.2) is 0 Å². The Bertz CT molecular complexity index is 568. The van der Waals surface area contributed by atoms with Gasteiger partial charge in [-0.3, -0.25) is 0 Å². The van der Waals surface area contributed by atoms with Gasteiger partial charge in [0, 0.05) is 21.9 Å². The van der Waals surface area contributed by atoms with Gasteiger partial charge in [0.05, 0.1) is 6.10 Å². The van der Waals surface area contributed by atoms with Crippen molar-refractivity contribution >= 4 is 17.4 Å². The molecule has 1 aliphatic heterocycles. The fourth-order valence-corrected chi connectivity index (χ4v) is 3.24. The maximum Gasteiger partial charge on any atom is 0.0842 e. The lowest BCUT2D eigenvalue weighted by Gasteiger charge is -2.11. The lowest BCUT2D eigenvalue weighted by molar-refractivity contribution is 0.175. The molecule has 0 fully saturated rings. The van der Waals surface area contributed by atoms with Crippen LogP contribution in [0.15, 0.2) is 52.3 Å². The first-order chi connectivity index (χ1) is 8.24. The maximum atomic E-state index is 10.2. The number of anilines is 1. The molecule has 1 aliphatic rings. The van der Waals surface area contributed by atoms with Crippen molar-refractivity contribution in [2.45, 2.75) is 22.3 Å². The number of nitrogen functional groups attached to an aromatic ring is 1. The Morgan fingerprint density at radius 3 is 2.82 bits per heavy atom. The molecule has 0 radical (unpaired) electrons. The highest BCUT2D eigenvalue weighted by molar-refractivity contribution is 7.99. The summed E-state index contributed by atoms with van der Waals surface area (Å²) in [5.41, 5.74) is 8.61. The van der Waals surface area contributed by atoms with Crippen LogP contribution in [-0.4, -0.2) is 5.11 Å². The summed E-state index contributed by atoms with van der Waals surface area (Å²) in [7, 11) is 0. The van der Waals surface area contributed by atoms with Crippen LogP contribution < -0.4 is 5.73 Å². The van der Waals surface area contributed by atoms with Gasteiger partial charge < -0.3 is 10.8 Å². The summed E-state index contributed by atoms with van der Waals surface area (Å²) < 4.78 is 0. The number of rotatable bonds is 0. The summed E-state index contributed by atoms with van der Waals surface area (Å²) in [5, 5.41) is 10.2. The molecule has 17 heavy (non-hydrogen) atoms. The summed E-state index contributed by atoms with van der Waals surface area (Å²) in [6.45, 7) is 0. The number of aliphatic hydroxyl groups excluding tert-OH is 1. The molecular weight excluding hydrogens is 230 g/mol. The minimum Gasteiger partial charge on any atom is -0.399 e. The molecule has 0 unspecified atom stereocenters. The number of hydrogen-bond acceptors (Lipinski definition) is 3. The summed E-state index contributed by atoms with van der Waals surface area (Å²) in [4.78, 5) is 2.31. The van der Waals surface area contributed by atoms with E-state index in [2.05, 4.69) is 12.1 Å². The smallest absolute Gasteiger partial charge is 0.0842 e. The number of nitrogens with two attached hydrogens (primary N) is 1. The van der Waals surface area contributed by atoms with Crippen molar-refractivity contribution in [2.75, 3.05) is 5.73 Å². The third kappa shape index (κ3) is 1.92. The molecule has 0 aliphatic carbocycles. The molecule has 2 aromatic rings. The molecule has 0 saturated carbocycles. The topological polar surface area (TPSA) is 46.2 Å². The first-order valence-electron chi connectivity index (χ1n) is 5.57. The van der Waals surface area contributed by atoms with E-state index in [4.69, 9.17) is 5.73 Å². The van der Waals surface area contributed by atoms with E-state index in [0.717, 1.165) is 10.5 Å². The molecule has 2 aromatic carbocycles. The molecular formula is C14H13NOS. The Labute approximate surface area is 104 Å². The first kappa shape index (κ1) is 10.7. The van der Waals surface area contributed by atoms with Crippen molar-refractivity contribution in [3.05, 3.63) is 53.6 Å². The second-order valence-corrected chi connectivity index (χ2v) is 5.31. The molecule has 3 N–H and O–H groups in total. The molecule has 3 heteroatoms. The van der Waals surface area contributed by atoms with Gasteiger partial charge in [-0.15, -0.1) is 0 Å². The van der Waals surface area contributed by atoms with Crippen LogP contribution in [0.1, 0.15) is 17.2 Å². The molecule has 2 nitrogen and oxygen atoms in total. The molecule has 0 spiro atoms. The molecule has 0 bridgehead atoms. The zero-order valence-electron chi connectivity index (χ0n) is 9.26. The van der Waals surface area contributed by atoms with E-state index in [0.29, 0.717) is 12.1 Å². The fourth-order valence-electron chi connectivity index (χ4n) is 2.13. The highest BCUT2D eigenvalue weighted by atomic mass is 32.2. The van der Waals surface area contributed by atoms with E-state index in [1.54, 1.807) is 11.8 Å². The number of aliphatic hydroxyl groups is 1. The van der Waals surface area contributed by atoms with Gasteiger partial charge in [0.25, 0.3) is 0 Å². The van der Waals surface area contributed by atoms with E-state index in [1.165, 1.54) is 10.5 Å². The standard InChI is InChI=1S/C14H13NOS/c15-10-5-6-14-11(8-10)12(16)7-9-3-1-2-4-13(9)17-14/h1-6,8,12,16H,7,15H2/t12-/m0/s1. The summed E-state index contributed by atoms with van der Waals surface area (Å²) >= 11 is 1.70. The minimum absolute atomic E-state index is 0.468. The SMILES string of the molecule is Nc1ccc2c(c1)[C@@H](O)Cc1ccccc1S2. The van der Waals surface area contributed by atoms with Gasteiger partial charge in [-0.1, -0.05) is 30.0 Å². The average molecular weight is 243 g/mol. The average Bonchev–Trinajstić information content (AvgIpc) is 2.46. The second kappa shape index (κ2) is 4.09. The van der Waals surface area contributed by atoms with Gasteiger partial charge in [-0.05, 0) is 35.4 Å². The van der Waals surface area contributed by atoms with Crippen LogP contribution in [0.2, 0.25) is 0 Å². The maximum absolute atomic E-state index is 10.2. The van der Waals surface area contributed by atoms with Crippen molar-refractivity contribution in [2.24, 2.45) is 0 Å². The molecule has 0 aromatic heterocycles. The predicted molar refractivity (Wildman–Crippen MR) is 70.1 cm³/mol. The largest absolute Gasteiger partial charge is 0.399 e. The zero-order chi connectivity index (χ0) is 11.8. The third-order valence-electron chi connectivity index (χ3n) is 3.00. The highest BCUT2D eigenvalue weighted by Crippen LogP contribution is 2.41. The van der Waals surface area contributed by atoms with E-state index in [-0.39, 0.29) is 0 Å². The Balaban J connectivity index is 2.14. The summed E-state index contributed by atoms with van der Waals surface area (Å²) in [6.07, 6.45) is 0.184. The summed E-state index contributed by atoms with van der Waals surface area (Å²) in [6, 6.07) is 13.9. The van der Waals surface area contributed by atoms with Crippen molar-refractivity contribution in [3.63, 3.8) is 0 Å². The van der Waals surface area contributed by atoms with Gasteiger partial charge in [-0.2, -0.15) is 0 Å². The Hall–Kier alpha value is -1.45. The molecule has 1 heterocycles. The Morgan fingerprint density at radius 2 is 1.94 bits per heavy atom. The fraction of sp³-hybridized carbons (Fsp3) is 0.143. The van der Waals surface area contributed by atoms with E-state index >= 15 is 0 Å². The number of hydrogen-bond donors (Lipinski definition) is 2. The predicted octanol–water partition coefficient (Wildman–Crippen LogP) is 3.01. The van der Waals surface area contributed by atoms with Crippen LogP contribution in [0, 0.1) is 0 Å². The molecule has 1 atom stereocenters. The first-order valence-corrected chi connectivity index (χ1v) is 6.39. The van der Waals surface area contributed by atoms with Gasteiger partial charge in [0.15, 0.2) is 0 Å². The zero-order valence-corrected chi connectivity index (χ0v) is 10.1. The third-order valence-corrected chi connectivity index (χ3v) is 4.21. The van der Waals surface area contributed by atoms with Crippen LogP contribution in [-0.2, 0) is 6.42 Å². The van der Waals surface area contributed by atoms with Crippen LogP contribution >= 0.6 is 11.8 Å². The molecule has 0 saturated heterocycles. The van der Waals surface area contributed by atoms with Crippen molar-refractivity contribution in [1.29, 1.82) is 0 Å². The number of benzene rings is 2. The minimum atomic E-state index is -0.468. The molecule has 86 valence electrons. The summed E-state index contributed by atoms with van der Waals surface area (Å²) in [5.74, 6) is 0. The van der Waals surface area contributed by atoms with Crippen LogP contribution in [0.25, 0.3) is 0 Å². The van der Waals surface area contributed by atoms with Crippen LogP contribution in [0.5, 0.6) is 0 Å². The molecule has 0 amide bonds. The number of fused-ring (bicyclic) bond motifs is 2. The van der Waals surface area contributed by atoms with Crippen LogP contribution in [0.4, 0.5) is 5.69 Å². The lowest BCUT2D eigenvalue weighted by atomic mass is 10.0. The second-order valence-electron chi connectivity index (χ2n) is 4.23. The van der Waals surface area contributed by atoms with Gasteiger partial charge in [0.2, 0.25) is 0 Å². The molecule has 3 rings (SSSR count). The van der Waals surface area contributed by atoms with Crippen LogP contribution in [0.3, 0.4) is 0 Å². The highest BCUT2D eigenvalue weighted by Gasteiger charge is 2.20. The van der Waals surface area contributed by atoms with Gasteiger partial charge >= 0.3 is 0 Å². The Morgan fingerprint density at radius 1 is 1.12 bits per heavy atom. The van der Waals surface area contributed by atoms with Gasteiger partial charge in [0.1, 0.15) is 0 Å². The quantitative estimate of drug-likeness (QED) is 0.699. The van der Waals surface area contributed by atoms with Crippen molar-refractivity contribution < 1.29 is 5.11 Å². The van der Waals surface area contributed by atoms with E-state index in [1.807, 2.05) is 30.3 Å². The van der Waals surface area contributed by atoms with Crippen molar-refractivity contribution in [1.82, 2.24) is 0 Å².